The van der Waals surface area contributed by atoms with Gasteiger partial charge < -0.3 is 5.32 Å². The quantitative estimate of drug-likeness (QED) is 0.946. The summed E-state index contributed by atoms with van der Waals surface area (Å²) in [7, 11) is 0. The van der Waals surface area contributed by atoms with E-state index in [9.17, 15) is 0 Å². The maximum atomic E-state index is 4.47. The molecule has 2 heterocycles. The Kier molecular flexibility index (Phi) is 2.40. The van der Waals surface area contributed by atoms with E-state index in [0.717, 1.165) is 16.0 Å². The lowest BCUT2D eigenvalue weighted by Gasteiger charge is -2.24. The van der Waals surface area contributed by atoms with Gasteiger partial charge in [0.25, 0.3) is 0 Å². The van der Waals surface area contributed by atoms with Crippen LogP contribution in [0.3, 0.4) is 0 Å². The van der Waals surface area contributed by atoms with Crippen molar-refractivity contribution in [3.8, 4) is 0 Å². The van der Waals surface area contributed by atoms with E-state index in [1.165, 1.54) is 12.8 Å². The Morgan fingerprint density at radius 1 is 1.41 bits per heavy atom. The highest BCUT2D eigenvalue weighted by atomic mass is 79.9. The van der Waals surface area contributed by atoms with Crippen LogP contribution in [0.15, 0.2) is 22.8 Å². The van der Waals surface area contributed by atoms with Crippen LogP contribution in [0, 0.1) is 5.92 Å². The van der Waals surface area contributed by atoms with E-state index < -0.39 is 0 Å². The Morgan fingerprint density at radius 2 is 2.18 bits per heavy atom. The lowest BCUT2D eigenvalue weighted by molar-refractivity contribution is 0.490. The molecule has 1 aliphatic rings. The maximum absolute atomic E-state index is 4.47. The van der Waals surface area contributed by atoms with E-state index in [2.05, 4.69) is 45.2 Å². The van der Waals surface area contributed by atoms with Crippen LogP contribution in [0.5, 0.6) is 0 Å². The highest BCUT2D eigenvalue weighted by Gasteiger charge is 2.38. The van der Waals surface area contributed by atoms with Crippen molar-refractivity contribution in [2.75, 3.05) is 5.32 Å². The second-order valence-corrected chi connectivity index (χ2v) is 6.12. The van der Waals surface area contributed by atoms with Crippen molar-refractivity contribution in [3.63, 3.8) is 0 Å². The number of aromatic nitrogens is 3. The number of nitrogens with zero attached hydrogens (tertiary/aromatic N) is 3. The first-order valence-corrected chi connectivity index (χ1v) is 6.64. The van der Waals surface area contributed by atoms with E-state index in [4.69, 9.17) is 0 Å². The van der Waals surface area contributed by atoms with Gasteiger partial charge in [-0.1, -0.05) is 0 Å². The predicted octanol–water partition coefficient (Wildman–Crippen LogP) is 3.09. The third-order valence-electron chi connectivity index (χ3n) is 3.33. The van der Waals surface area contributed by atoms with Gasteiger partial charge in [-0.2, -0.15) is 4.98 Å². The highest BCUT2D eigenvalue weighted by molar-refractivity contribution is 9.10. The monoisotopic (exact) mass is 294 g/mol. The van der Waals surface area contributed by atoms with E-state index in [0.29, 0.717) is 5.95 Å². The fourth-order valence-corrected chi connectivity index (χ4v) is 2.43. The number of anilines is 1. The first kappa shape index (κ1) is 11.0. The second-order valence-electron chi connectivity index (χ2n) is 5.21. The molecular formula is C12H15BrN4. The summed E-state index contributed by atoms with van der Waals surface area (Å²) in [4.78, 5) is 4.47. The Labute approximate surface area is 109 Å². The van der Waals surface area contributed by atoms with Crippen LogP contribution in [-0.4, -0.2) is 20.1 Å². The molecule has 0 spiro atoms. The molecule has 4 nitrogen and oxygen atoms in total. The van der Waals surface area contributed by atoms with Crippen LogP contribution >= 0.6 is 15.9 Å². The Morgan fingerprint density at radius 3 is 2.88 bits per heavy atom. The zero-order valence-corrected chi connectivity index (χ0v) is 11.5. The number of rotatable bonds is 3. The number of nitrogens with one attached hydrogen (secondary N) is 1. The van der Waals surface area contributed by atoms with Crippen molar-refractivity contribution in [2.24, 2.45) is 5.92 Å². The average molecular weight is 295 g/mol. The van der Waals surface area contributed by atoms with Crippen LogP contribution in [-0.2, 0) is 0 Å². The summed E-state index contributed by atoms with van der Waals surface area (Å²) in [6.07, 6.45) is 4.52. The van der Waals surface area contributed by atoms with Crippen LogP contribution in [0.2, 0.25) is 0 Å². The standard InChI is InChI=1S/C12H15BrN4/c1-12(2,8-3-4-8)15-11-14-10-6-5-9(13)7-17(10)16-11/h5-8H,3-4H2,1-2H3,(H,15,16). The van der Waals surface area contributed by atoms with E-state index >= 15 is 0 Å². The molecule has 1 N–H and O–H groups in total. The summed E-state index contributed by atoms with van der Waals surface area (Å²) in [6.45, 7) is 4.43. The van der Waals surface area contributed by atoms with Crippen LogP contribution in [0.1, 0.15) is 26.7 Å². The molecule has 0 unspecified atom stereocenters. The Hall–Kier alpha value is -1.10. The van der Waals surface area contributed by atoms with Crippen LogP contribution in [0.4, 0.5) is 5.95 Å². The molecule has 0 saturated heterocycles. The summed E-state index contributed by atoms with van der Waals surface area (Å²) in [5, 5.41) is 7.86. The summed E-state index contributed by atoms with van der Waals surface area (Å²) < 4.78 is 2.79. The zero-order chi connectivity index (χ0) is 12.0. The molecule has 5 heteroatoms. The lowest BCUT2D eigenvalue weighted by atomic mass is 9.99. The van der Waals surface area contributed by atoms with Crippen LogP contribution < -0.4 is 5.32 Å². The van der Waals surface area contributed by atoms with Gasteiger partial charge in [-0.25, -0.2) is 4.52 Å². The Balaban J connectivity index is 1.90. The van der Waals surface area contributed by atoms with Gasteiger partial charge in [0, 0.05) is 16.2 Å². The molecule has 17 heavy (non-hydrogen) atoms. The lowest BCUT2D eigenvalue weighted by Crippen LogP contribution is -2.33. The topological polar surface area (TPSA) is 42.2 Å². The van der Waals surface area contributed by atoms with Gasteiger partial charge in [-0.15, -0.1) is 5.10 Å². The zero-order valence-electron chi connectivity index (χ0n) is 9.94. The molecule has 3 rings (SSSR count). The van der Waals surface area contributed by atoms with Gasteiger partial charge in [0.1, 0.15) is 0 Å². The fourth-order valence-electron chi connectivity index (χ4n) is 2.11. The largest absolute Gasteiger partial charge is 0.348 e. The summed E-state index contributed by atoms with van der Waals surface area (Å²) in [5.41, 5.74) is 0.949. The third-order valence-corrected chi connectivity index (χ3v) is 3.80. The molecular weight excluding hydrogens is 280 g/mol. The Bertz CT molecular complexity index is 557. The molecule has 1 aliphatic carbocycles. The van der Waals surface area contributed by atoms with E-state index in [1.807, 2.05) is 18.3 Å². The SMILES string of the molecule is CC(C)(Nc1nc2ccc(Br)cn2n1)C1CC1. The first-order chi connectivity index (χ1) is 8.04. The van der Waals surface area contributed by atoms with Crippen molar-refractivity contribution in [1.29, 1.82) is 0 Å². The van der Waals surface area contributed by atoms with Crippen molar-refractivity contribution < 1.29 is 0 Å². The summed E-state index contributed by atoms with van der Waals surface area (Å²) in [6, 6.07) is 3.92. The minimum atomic E-state index is 0.0855. The molecule has 2 aromatic heterocycles. The molecule has 0 aromatic carbocycles. The maximum Gasteiger partial charge on any atom is 0.243 e. The molecule has 0 amide bonds. The van der Waals surface area contributed by atoms with Gasteiger partial charge in [0.2, 0.25) is 5.95 Å². The van der Waals surface area contributed by atoms with Crippen molar-refractivity contribution in [2.45, 2.75) is 32.2 Å². The molecule has 1 fully saturated rings. The van der Waals surface area contributed by atoms with Crippen molar-refractivity contribution >= 4 is 27.5 Å². The smallest absolute Gasteiger partial charge is 0.243 e. The predicted molar refractivity (Wildman–Crippen MR) is 71.1 cm³/mol. The molecule has 0 bridgehead atoms. The number of hydrogen-bond acceptors (Lipinski definition) is 3. The molecule has 0 radical (unpaired) electrons. The molecule has 0 atom stereocenters. The van der Waals surface area contributed by atoms with Gasteiger partial charge >= 0.3 is 0 Å². The van der Waals surface area contributed by atoms with Crippen molar-refractivity contribution in [1.82, 2.24) is 14.6 Å². The second kappa shape index (κ2) is 3.70. The summed E-state index contributed by atoms with van der Waals surface area (Å²) in [5.74, 6) is 1.46. The van der Waals surface area contributed by atoms with Crippen LogP contribution in [0.25, 0.3) is 5.65 Å². The number of hydrogen-bond donors (Lipinski definition) is 1. The third kappa shape index (κ3) is 2.16. The van der Waals surface area contributed by atoms with Gasteiger partial charge in [-0.05, 0) is 60.7 Å². The van der Waals surface area contributed by atoms with E-state index in [1.54, 1.807) is 4.52 Å². The van der Waals surface area contributed by atoms with Gasteiger partial charge in [0.05, 0.1) is 0 Å². The molecule has 2 aromatic rings. The first-order valence-electron chi connectivity index (χ1n) is 5.85. The van der Waals surface area contributed by atoms with Gasteiger partial charge in [-0.3, -0.25) is 0 Å². The number of halogens is 1. The average Bonchev–Trinajstić information content (AvgIpc) is 3.01. The summed E-state index contributed by atoms with van der Waals surface area (Å²) >= 11 is 3.43. The molecule has 0 aliphatic heterocycles. The van der Waals surface area contributed by atoms with Gasteiger partial charge in [0.15, 0.2) is 5.65 Å². The minimum Gasteiger partial charge on any atom is -0.348 e. The normalized spacial score (nSPS) is 16.4. The molecule has 90 valence electrons. The number of fused-ring (bicyclic) bond motifs is 1. The highest BCUT2D eigenvalue weighted by Crippen LogP contribution is 2.40. The van der Waals surface area contributed by atoms with E-state index in [-0.39, 0.29) is 5.54 Å². The number of pyridine rings is 1. The minimum absolute atomic E-state index is 0.0855. The fraction of sp³-hybridized carbons (Fsp3) is 0.500. The van der Waals surface area contributed by atoms with Crippen molar-refractivity contribution in [3.05, 3.63) is 22.8 Å². The molecule has 1 saturated carbocycles.